The van der Waals surface area contributed by atoms with Crippen LogP contribution in [-0.2, 0) is 4.74 Å². The fourth-order valence-electron chi connectivity index (χ4n) is 1.70. The Bertz CT molecular complexity index is 419. The topological polar surface area (TPSA) is 62.4 Å². The number of carbonyl (C=O) groups excluding carboxylic acids is 1. The van der Waals surface area contributed by atoms with E-state index in [1.54, 1.807) is 4.90 Å². The van der Waals surface area contributed by atoms with Crippen molar-refractivity contribution in [3.63, 3.8) is 0 Å². The number of aromatic amines is 1. The van der Waals surface area contributed by atoms with E-state index in [-0.39, 0.29) is 16.9 Å². The molecule has 0 unspecified atom stereocenters. The molecule has 0 bridgehead atoms. The van der Waals surface area contributed by atoms with Gasteiger partial charge in [0.2, 0.25) is 0 Å². The van der Waals surface area contributed by atoms with Crippen molar-refractivity contribution in [3.05, 3.63) is 34.2 Å². The van der Waals surface area contributed by atoms with Crippen molar-refractivity contribution in [2.75, 3.05) is 26.3 Å². The summed E-state index contributed by atoms with van der Waals surface area (Å²) in [6.45, 7) is 2.41. The van der Waals surface area contributed by atoms with Gasteiger partial charge in [0, 0.05) is 38.2 Å². The molecule has 0 spiro atoms. The van der Waals surface area contributed by atoms with Crippen LogP contribution in [0.15, 0.2) is 23.3 Å². The highest BCUT2D eigenvalue weighted by Gasteiger charge is 2.19. The molecule has 1 aromatic heterocycles. The lowest BCUT2D eigenvalue weighted by atomic mass is 10.2. The first-order valence-electron chi connectivity index (χ1n) is 5.33. The molecule has 1 N–H and O–H groups in total. The molecule has 1 aliphatic heterocycles. The Kier molecular flexibility index (Phi) is 3.36. The van der Waals surface area contributed by atoms with Crippen molar-refractivity contribution in [2.45, 2.75) is 6.42 Å². The Morgan fingerprint density at radius 1 is 1.38 bits per heavy atom. The van der Waals surface area contributed by atoms with Gasteiger partial charge in [-0.15, -0.1) is 0 Å². The van der Waals surface area contributed by atoms with Gasteiger partial charge in [-0.25, -0.2) is 0 Å². The van der Waals surface area contributed by atoms with E-state index < -0.39 is 0 Å². The molecule has 0 aliphatic carbocycles. The number of hydrogen-bond acceptors (Lipinski definition) is 3. The zero-order valence-corrected chi connectivity index (χ0v) is 8.94. The molecule has 1 aromatic rings. The highest BCUT2D eigenvalue weighted by Crippen LogP contribution is 2.03. The third-order valence-electron chi connectivity index (χ3n) is 2.56. The van der Waals surface area contributed by atoms with Gasteiger partial charge in [-0.2, -0.15) is 0 Å². The van der Waals surface area contributed by atoms with Crippen molar-refractivity contribution < 1.29 is 9.53 Å². The second-order valence-corrected chi connectivity index (χ2v) is 3.68. The molecular formula is C11H14N2O3. The molecule has 0 saturated carbocycles. The molecule has 1 fully saturated rings. The van der Waals surface area contributed by atoms with E-state index in [2.05, 4.69) is 4.98 Å². The van der Waals surface area contributed by atoms with E-state index >= 15 is 0 Å². The number of aromatic nitrogens is 1. The van der Waals surface area contributed by atoms with Gasteiger partial charge in [-0.3, -0.25) is 9.59 Å². The number of nitrogens with zero attached hydrogens (tertiary/aromatic N) is 1. The first-order chi connectivity index (χ1) is 7.79. The maximum absolute atomic E-state index is 12.0. The molecule has 5 nitrogen and oxygen atoms in total. The Labute approximate surface area is 93.0 Å². The summed E-state index contributed by atoms with van der Waals surface area (Å²) >= 11 is 0. The molecule has 5 heteroatoms. The van der Waals surface area contributed by atoms with Crippen LogP contribution in [0.4, 0.5) is 0 Å². The predicted molar refractivity (Wildman–Crippen MR) is 58.4 cm³/mol. The van der Waals surface area contributed by atoms with Crippen LogP contribution in [0.25, 0.3) is 0 Å². The fraction of sp³-hybridized carbons (Fsp3) is 0.455. The third-order valence-corrected chi connectivity index (χ3v) is 2.56. The van der Waals surface area contributed by atoms with Gasteiger partial charge < -0.3 is 14.6 Å². The number of hydrogen-bond donors (Lipinski definition) is 1. The minimum Gasteiger partial charge on any atom is -0.380 e. The number of ether oxygens (including phenoxy) is 1. The molecule has 16 heavy (non-hydrogen) atoms. The second-order valence-electron chi connectivity index (χ2n) is 3.68. The smallest absolute Gasteiger partial charge is 0.259 e. The fourth-order valence-corrected chi connectivity index (χ4v) is 1.70. The van der Waals surface area contributed by atoms with Crippen LogP contribution >= 0.6 is 0 Å². The maximum Gasteiger partial charge on any atom is 0.259 e. The normalized spacial score (nSPS) is 16.9. The number of nitrogens with one attached hydrogen (secondary N) is 1. The van der Waals surface area contributed by atoms with Gasteiger partial charge in [-0.1, -0.05) is 0 Å². The number of H-pyrrole nitrogens is 1. The Balaban J connectivity index is 2.18. The molecule has 1 amide bonds. The van der Waals surface area contributed by atoms with E-state index in [4.69, 9.17) is 4.74 Å². The van der Waals surface area contributed by atoms with Crippen LogP contribution in [0.2, 0.25) is 0 Å². The van der Waals surface area contributed by atoms with E-state index in [1.165, 1.54) is 18.5 Å². The minimum atomic E-state index is -0.242. The zero-order chi connectivity index (χ0) is 11.4. The summed E-state index contributed by atoms with van der Waals surface area (Å²) in [4.78, 5) is 27.9. The zero-order valence-electron chi connectivity index (χ0n) is 8.94. The first kappa shape index (κ1) is 10.9. The summed E-state index contributed by atoms with van der Waals surface area (Å²) in [6.07, 6.45) is 3.79. The molecule has 1 aliphatic rings. The molecule has 0 aromatic carbocycles. The Morgan fingerprint density at radius 2 is 2.25 bits per heavy atom. The van der Waals surface area contributed by atoms with Crippen LogP contribution in [0.3, 0.4) is 0 Å². The van der Waals surface area contributed by atoms with Crippen LogP contribution in [0.5, 0.6) is 0 Å². The van der Waals surface area contributed by atoms with E-state index in [0.717, 1.165) is 6.42 Å². The van der Waals surface area contributed by atoms with Crippen LogP contribution in [0, 0.1) is 0 Å². The van der Waals surface area contributed by atoms with Crippen LogP contribution < -0.4 is 5.43 Å². The minimum absolute atomic E-state index is 0.199. The van der Waals surface area contributed by atoms with Crippen molar-refractivity contribution in [1.82, 2.24) is 9.88 Å². The average molecular weight is 222 g/mol. The van der Waals surface area contributed by atoms with Crippen molar-refractivity contribution in [1.29, 1.82) is 0 Å². The molecule has 0 radical (unpaired) electrons. The summed E-state index contributed by atoms with van der Waals surface area (Å²) < 4.78 is 5.26. The largest absolute Gasteiger partial charge is 0.380 e. The number of carbonyl (C=O) groups is 1. The highest BCUT2D eigenvalue weighted by atomic mass is 16.5. The molecule has 2 heterocycles. The Hall–Kier alpha value is -1.62. The number of amides is 1. The van der Waals surface area contributed by atoms with Crippen molar-refractivity contribution >= 4 is 5.91 Å². The maximum atomic E-state index is 12.0. The number of rotatable bonds is 1. The van der Waals surface area contributed by atoms with Crippen LogP contribution in [-0.4, -0.2) is 42.1 Å². The van der Waals surface area contributed by atoms with Gasteiger partial charge >= 0.3 is 0 Å². The SMILES string of the molecule is O=C(c1c[nH]ccc1=O)N1CCCOCC1. The van der Waals surface area contributed by atoms with E-state index in [9.17, 15) is 9.59 Å². The summed E-state index contributed by atoms with van der Waals surface area (Å²) in [5, 5.41) is 0. The van der Waals surface area contributed by atoms with Crippen molar-refractivity contribution in [2.24, 2.45) is 0 Å². The standard InChI is InChI=1S/C11H14N2O3/c14-10-2-3-12-8-9(10)11(15)13-4-1-6-16-7-5-13/h2-3,8H,1,4-7H2,(H,12,14). The summed E-state index contributed by atoms with van der Waals surface area (Å²) in [5.74, 6) is -0.215. The molecule has 2 rings (SSSR count). The number of pyridine rings is 1. The van der Waals surface area contributed by atoms with Gasteiger partial charge in [0.25, 0.3) is 5.91 Å². The summed E-state index contributed by atoms with van der Waals surface area (Å²) in [7, 11) is 0. The first-order valence-corrected chi connectivity index (χ1v) is 5.33. The van der Waals surface area contributed by atoms with Crippen LogP contribution in [0.1, 0.15) is 16.8 Å². The van der Waals surface area contributed by atoms with E-state index in [0.29, 0.717) is 26.3 Å². The molecule has 1 saturated heterocycles. The second kappa shape index (κ2) is 4.94. The van der Waals surface area contributed by atoms with Crippen molar-refractivity contribution in [3.8, 4) is 0 Å². The van der Waals surface area contributed by atoms with Gasteiger partial charge in [0.15, 0.2) is 5.43 Å². The lowest BCUT2D eigenvalue weighted by Gasteiger charge is -2.18. The average Bonchev–Trinajstić information content (AvgIpc) is 2.57. The summed E-state index contributed by atoms with van der Waals surface area (Å²) in [6, 6.07) is 1.36. The summed E-state index contributed by atoms with van der Waals surface area (Å²) in [5.41, 5.74) is -0.0432. The lowest BCUT2D eigenvalue weighted by molar-refractivity contribution is 0.0739. The molecule has 0 atom stereocenters. The van der Waals surface area contributed by atoms with Gasteiger partial charge in [0.1, 0.15) is 5.56 Å². The van der Waals surface area contributed by atoms with E-state index in [1.807, 2.05) is 0 Å². The highest BCUT2D eigenvalue weighted by molar-refractivity contribution is 5.93. The quantitative estimate of drug-likeness (QED) is 0.740. The molecule has 86 valence electrons. The lowest BCUT2D eigenvalue weighted by Crippen LogP contribution is -2.35. The monoisotopic (exact) mass is 222 g/mol. The van der Waals surface area contributed by atoms with Gasteiger partial charge in [0.05, 0.1) is 6.61 Å². The van der Waals surface area contributed by atoms with Gasteiger partial charge in [-0.05, 0) is 6.42 Å². The predicted octanol–water partition coefficient (Wildman–Crippen LogP) is 0.237. The third kappa shape index (κ3) is 2.30. The molecular weight excluding hydrogens is 208 g/mol. The Morgan fingerprint density at radius 3 is 3.06 bits per heavy atom.